The van der Waals surface area contributed by atoms with Gasteiger partial charge in [-0.15, -0.1) is 0 Å². The van der Waals surface area contributed by atoms with Crippen molar-refractivity contribution in [1.82, 2.24) is 4.90 Å². The van der Waals surface area contributed by atoms with Crippen molar-refractivity contribution >= 4 is 35.0 Å². The molecule has 1 atom stereocenters. The Balaban J connectivity index is 2.96. The number of nitro benzene ring substituents is 1. The standard InChI is InChI=1S/C13H17ClN2O3S/c1-9(6-7-20-3)15(2)13(17)11-8-10(16(18)19)4-5-12(11)14/h4-5,8-9H,6-7H2,1-3H3. The lowest BCUT2D eigenvalue weighted by Gasteiger charge is -2.25. The molecule has 0 saturated carbocycles. The van der Waals surface area contributed by atoms with Crippen LogP contribution in [0.1, 0.15) is 23.7 Å². The number of amides is 1. The molecule has 0 aliphatic heterocycles. The molecule has 7 heteroatoms. The number of benzene rings is 1. The van der Waals surface area contributed by atoms with Crippen molar-refractivity contribution < 1.29 is 9.72 Å². The first-order chi connectivity index (χ1) is 9.38. The number of nitro groups is 1. The topological polar surface area (TPSA) is 63.5 Å². The smallest absolute Gasteiger partial charge is 0.270 e. The third kappa shape index (κ3) is 4.11. The number of carbonyl (C=O) groups is 1. The molecule has 1 unspecified atom stereocenters. The number of hydrogen-bond acceptors (Lipinski definition) is 4. The first-order valence-corrected chi connectivity index (χ1v) is 7.85. The van der Waals surface area contributed by atoms with Crippen LogP contribution in [0, 0.1) is 10.1 Å². The SMILES string of the molecule is CSCCC(C)N(C)C(=O)c1cc([N+](=O)[O-])ccc1Cl. The van der Waals surface area contributed by atoms with Crippen LogP contribution < -0.4 is 0 Å². The van der Waals surface area contributed by atoms with Crippen molar-refractivity contribution in [2.45, 2.75) is 19.4 Å². The average Bonchev–Trinajstić information content (AvgIpc) is 2.43. The molecule has 0 aromatic heterocycles. The molecule has 5 nitrogen and oxygen atoms in total. The molecule has 0 saturated heterocycles. The molecule has 1 amide bonds. The van der Waals surface area contributed by atoms with Gasteiger partial charge in [-0.3, -0.25) is 14.9 Å². The molecule has 0 bridgehead atoms. The van der Waals surface area contributed by atoms with E-state index in [1.165, 1.54) is 18.2 Å². The van der Waals surface area contributed by atoms with Gasteiger partial charge < -0.3 is 4.90 Å². The van der Waals surface area contributed by atoms with Crippen LogP contribution in [0.2, 0.25) is 5.02 Å². The lowest BCUT2D eigenvalue weighted by Crippen LogP contribution is -2.35. The number of halogens is 1. The Morgan fingerprint density at radius 1 is 1.55 bits per heavy atom. The minimum atomic E-state index is -0.537. The molecule has 1 aromatic rings. The van der Waals surface area contributed by atoms with Crippen LogP contribution in [0.15, 0.2) is 18.2 Å². The lowest BCUT2D eigenvalue weighted by molar-refractivity contribution is -0.384. The molecule has 1 rings (SSSR count). The Labute approximate surface area is 127 Å². The van der Waals surface area contributed by atoms with Crippen molar-refractivity contribution in [3.8, 4) is 0 Å². The second kappa shape index (κ2) is 7.50. The van der Waals surface area contributed by atoms with Gasteiger partial charge in [0.15, 0.2) is 0 Å². The van der Waals surface area contributed by atoms with Crippen molar-refractivity contribution in [3.63, 3.8) is 0 Å². The van der Waals surface area contributed by atoms with E-state index < -0.39 is 4.92 Å². The van der Waals surface area contributed by atoms with Gasteiger partial charge in [0, 0.05) is 25.2 Å². The largest absolute Gasteiger partial charge is 0.339 e. The van der Waals surface area contributed by atoms with Gasteiger partial charge in [-0.1, -0.05) is 11.6 Å². The first-order valence-electron chi connectivity index (χ1n) is 6.08. The Morgan fingerprint density at radius 2 is 2.20 bits per heavy atom. The molecule has 1 aromatic carbocycles. The van der Waals surface area contributed by atoms with Gasteiger partial charge in [0.1, 0.15) is 0 Å². The summed E-state index contributed by atoms with van der Waals surface area (Å²) in [6.07, 6.45) is 2.86. The summed E-state index contributed by atoms with van der Waals surface area (Å²) >= 11 is 7.69. The van der Waals surface area contributed by atoms with E-state index in [-0.39, 0.29) is 28.2 Å². The van der Waals surface area contributed by atoms with Crippen LogP contribution in [-0.2, 0) is 0 Å². The summed E-state index contributed by atoms with van der Waals surface area (Å²) in [5.41, 5.74) is 0.0299. The Morgan fingerprint density at radius 3 is 2.75 bits per heavy atom. The van der Waals surface area contributed by atoms with Gasteiger partial charge in [-0.25, -0.2) is 0 Å². The quantitative estimate of drug-likeness (QED) is 0.595. The highest BCUT2D eigenvalue weighted by atomic mass is 35.5. The third-order valence-corrected chi connectivity index (χ3v) is 4.09. The monoisotopic (exact) mass is 316 g/mol. The van der Waals surface area contributed by atoms with E-state index in [1.807, 2.05) is 13.2 Å². The molecule has 0 aliphatic rings. The van der Waals surface area contributed by atoms with E-state index >= 15 is 0 Å². The predicted octanol–water partition coefficient (Wildman–Crippen LogP) is 3.46. The molecule has 0 heterocycles. The van der Waals surface area contributed by atoms with Gasteiger partial charge in [0.05, 0.1) is 15.5 Å². The maximum atomic E-state index is 12.4. The first kappa shape index (κ1) is 16.8. The zero-order valence-electron chi connectivity index (χ0n) is 11.6. The summed E-state index contributed by atoms with van der Waals surface area (Å²) in [7, 11) is 1.68. The lowest BCUT2D eigenvalue weighted by atomic mass is 10.1. The maximum Gasteiger partial charge on any atom is 0.270 e. The van der Waals surface area contributed by atoms with E-state index in [1.54, 1.807) is 23.7 Å². The van der Waals surface area contributed by atoms with Crippen LogP contribution in [-0.4, -0.2) is 40.8 Å². The number of carbonyl (C=O) groups excluding carboxylic acids is 1. The van der Waals surface area contributed by atoms with Crippen molar-refractivity contribution in [1.29, 1.82) is 0 Å². The minimum Gasteiger partial charge on any atom is -0.339 e. The Kier molecular flexibility index (Phi) is 6.29. The highest BCUT2D eigenvalue weighted by Gasteiger charge is 2.21. The van der Waals surface area contributed by atoms with Crippen molar-refractivity contribution in [2.75, 3.05) is 19.1 Å². The van der Waals surface area contributed by atoms with Crippen LogP contribution in [0.3, 0.4) is 0 Å². The number of hydrogen-bond donors (Lipinski definition) is 0. The second-order valence-corrected chi connectivity index (χ2v) is 5.86. The number of thioether (sulfide) groups is 1. The summed E-state index contributed by atoms with van der Waals surface area (Å²) in [6, 6.07) is 3.94. The minimum absolute atomic E-state index is 0.0466. The highest BCUT2D eigenvalue weighted by Crippen LogP contribution is 2.24. The Hall–Kier alpha value is -1.27. The fourth-order valence-electron chi connectivity index (χ4n) is 1.66. The van der Waals surface area contributed by atoms with E-state index in [4.69, 9.17) is 11.6 Å². The van der Waals surface area contributed by atoms with Crippen LogP contribution in [0.4, 0.5) is 5.69 Å². The van der Waals surface area contributed by atoms with E-state index in [2.05, 4.69) is 0 Å². The van der Waals surface area contributed by atoms with Gasteiger partial charge in [-0.05, 0) is 31.4 Å². The van der Waals surface area contributed by atoms with Crippen LogP contribution >= 0.6 is 23.4 Å². The average molecular weight is 317 g/mol. The fourth-order valence-corrected chi connectivity index (χ4v) is 2.44. The van der Waals surface area contributed by atoms with Crippen molar-refractivity contribution in [3.05, 3.63) is 38.9 Å². The highest BCUT2D eigenvalue weighted by molar-refractivity contribution is 7.98. The molecule has 0 spiro atoms. The maximum absolute atomic E-state index is 12.4. The van der Waals surface area contributed by atoms with E-state index in [0.717, 1.165) is 12.2 Å². The number of rotatable bonds is 6. The van der Waals surface area contributed by atoms with E-state index in [0.29, 0.717) is 0 Å². The van der Waals surface area contributed by atoms with Gasteiger partial charge in [-0.2, -0.15) is 11.8 Å². The fraction of sp³-hybridized carbons (Fsp3) is 0.462. The van der Waals surface area contributed by atoms with Crippen LogP contribution in [0.5, 0.6) is 0 Å². The normalized spacial score (nSPS) is 12.0. The number of nitrogens with zero attached hydrogens (tertiary/aromatic N) is 2. The Bertz CT molecular complexity index is 510. The molecule has 20 heavy (non-hydrogen) atoms. The third-order valence-electron chi connectivity index (χ3n) is 3.11. The zero-order valence-corrected chi connectivity index (χ0v) is 13.2. The summed E-state index contributed by atoms with van der Waals surface area (Å²) in [6.45, 7) is 1.94. The summed E-state index contributed by atoms with van der Waals surface area (Å²) in [5, 5.41) is 11.0. The zero-order chi connectivity index (χ0) is 15.3. The summed E-state index contributed by atoms with van der Waals surface area (Å²) < 4.78 is 0. The molecular weight excluding hydrogens is 300 g/mol. The van der Waals surface area contributed by atoms with E-state index in [9.17, 15) is 14.9 Å². The molecule has 0 N–H and O–H groups in total. The van der Waals surface area contributed by atoms with Crippen LogP contribution in [0.25, 0.3) is 0 Å². The second-order valence-electron chi connectivity index (χ2n) is 4.47. The molecular formula is C13H17ClN2O3S. The van der Waals surface area contributed by atoms with Crippen molar-refractivity contribution in [2.24, 2.45) is 0 Å². The number of non-ortho nitro benzene ring substituents is 1. The van der Waals surface area contributed by atoms with Gasteiger partial charge in [0.2, 0.25) is 0 Å². The van der Waals surface area contributed by atoms with Gasteiger partial charge >= 0.3 is 0 Å². The summed E-state index contributed by atoms with van der Waals surface area (Å²) in [5.74, 6) is 0.647. The molecule has 0 aliphatic carbocycles. The molecule has 110 valence electrons. The predicted molar refractivity (Wildman–Crippen MR) is 82.7 cm³/mol. The molecule has 0 radical (unpaired) electrons. The van der Waals surface area contributed by atoms with Gasteiger partial charge in [0.25, 0.3) is 11.6 Å². The summed E-state index contributed by atoms with van der Waals surface area (Å²) in [4.78, 5) is 24.2. The molecule has 0 fully saturated rings.